The van der Waals surface area contributed by atoms with E-state index in [2.05, 4.69) is 0 Å². The molecular weight excluding hydrogens is 616 g/mol. The van der Waals surface area contributed by atoms with E-state index in [1.54, 1.807) is 24.3 Å². The fourth-order valence-corrected chi connectivity index (χ4v) is 6.21. The van der Waals surface area contributed by atoms with Gasteiger partial charge in [-0.05, 0) is 42.3 Å². The van der Waals surface area contributed by atoms with Gasteiger partial charge in [0, 0.05) is 11.3 Å². The molecule has 9 heteroatoms. The van der Waals surface area contributed by atoms with Crippen LogP contribution in [-0.2, 0) is 46.5 Å². The van der Waals surface area contributed by atoms with E-state index in [9.17, 15) is 14.4 Å². The third-order valence-corrected chi connectivity index (χ3v) is 8.62. The lowest BCUT2D eigenvalue weighted by molar-refractivity contribution is -0.237. The summed E-state index contributed by atoms with van der Waals surface area (Å²) in [7, 11) is 0. The molecule has 4 aromatic carbocycles. The molecule has 1 fully saturated rings. The Morgan fingerprint density at radius 2 is 1.23 bits per heavy atom. The largest absolute Gasteiger partial charge is 0.457 e. The molecule has 0 N–H and O–H groups in total. The topological polar surface area (TPSA) is 97.4 Å². The molecule has 1 saturated heterocycles. The van der Waals surface area contributed by atoms with Crippen molar-refractivity contribution < 1.29 is 38.1 Å². The average Bonchev–Trinajstić information content (AvgIpc) is 3.10. The lowest BCUT2D eigenvalue weighted by atomic mass is 9.98. The average molecular weight is 655 g/mol. The van der Waals surface area contributed by atoms with Gasteiger partial charge in [0.1, 0.15) is 23.4 Å². The molecule has 0 spiro atoms. The molecule has 1 aliphatic heterocycles. The Morgan fingerprint density at radius 3 is 1.85 bits per heavy atom. The highest BCUT2D eigenvalue weighted by atomic mass is 32.2. The van der Waals surface area contributed by atoms with Gasteiger partial charge >= 0.3 is 11.9 Å². The van der Waals surface area contributed by atoms with E-state index in [1.165, 1.54) is 18.7 Å². The number of ketones is 1. The molecule has 0 bridgehead atoms. The molecule has 0 aliphatic carbocycles. The molecular formula is C38H38O8S. The number of carbonyl (C=O) groups is 3. The summed E-state index contributed by atoms with van der Waals surface area (Å²) in [5.74, 6) is -1.28. The summed E-state index contributed by atoms with van der Waals surface area (Å²) in [5, 5.41) is 0. The van der Waals surface area contributed by atoms with Gasteiger partial charge in [0.25, 0.3) is 0 Å². The van der Waals surface area contributed by atoms with Crippen molar-refractivity contribution in [2.45, 2.75) is 67.7 Å². The van der Waals surface area contributed by atoms with E-state index in [-0.39, 0.29) is 31.8 Å². The second kappa shape index (κ2) is 17.6. The zero-order chi connectivity index (χ0) is 32.8. The number of carbonyl (C=O) groups excluding carboxylic acids is 3. The van der Waals surface area contributed by atoms with Crippen LogP contribution in [0.2, 0.25) is 0 Å². The predicted molar refractivity (Wildman–Crippen MR) is 178 cm³/mol. The van der Waals surface area contributed by atoms with Crippen molar-refractivity contribution in [1.82, 2.24) is 0 Å². The molecule has 1 heterocycles. The fourth-order valence-electron chi connectivity index (χ4n) is 5.09. The van der Waals surface area contributed by atoms with Crippen LogP contribution >= 0.6 is 11.8 Å². The summed E-state index contributed by atoms with van der Waals surface area (Å²) in [6, 6.07) is 37.6. The van der Waals surface area contributed by atoms with Crippen LogP contribution in [0, 0.1) is 0 Å². The zero-order valence-electron chi connectivity index (χ0n) is 26.1. The molecule has 8 nitrogen and oxygen atoms in total. The first-order chi connectivity index (χ1) is 23.0. The summed E-state index contributed by atoms with van der Waals surface area (Å²) in [6.07, 6.45) is -3.80. The summed E-state index contributed by atoms with van der Waals surface area (Å²) in [5.41, 5.74) is 1.47. The predicted octanol–water partition coefficient (Wildman–Crippen LogP) is 6.81. The van der Waals surface area contributed by atoms with E-state index in [0.717, 1.165) is 16.0 Å². The molecule has 0 amide bonds. The van der Waals surface area contributed by atoms with E-state index >= 15 is 0 Å². The van der Waals surface area contributed by atoms with E-state index in [1.807, 2.05) is 97.1 Å². The third-order valence-electron chi connectivity index (χ3n) is 7.47. The van der Waals surface area contributed by atoms with Crippen molar-refractivity contribution in [1.29, 1.82) is 0 Å². The highest BCUT2D eigenvalue weighted by molar-refractivity contribution is 7.99. The number of benzene rings is 4. The monoisotopic (exact) mass is 654 g/mol. The van der Waals surface area contributed by atoms with Gasteiger partial charge < -0.3 is 28.5 Å². The van der Waals surface area contributed by atoms with Crippen molar-refractivity contribution >= 4 is 29.5 Å². The van der Waals surface area contributed by atoms with Gasteiger partial charge in [-0.15, -0.1) is 0 Å². The van der Waals surface area contributed by atoms with Crippen molar-refractivity contribution in [3.05, 3.63) is 138 Å². The summed E-state index contributed by atoms with van der Waals surface area (Å²) >= 11 is 1.38. The maximum atomic E-state index is 13.5. The summed E-state index contributed by atoms with van der Waals surface area (Å²) < 4.78 is 31.6. The van der Waals surface area contributed by atoms with Crippen LogP contribution in [0.15, 0.2) is 126 Å². The van der Waals surface area contributed by atoms with Crippen molar-refractivity contribution in [3.63, 3.8) is 0 Å². The van der Waals surface area contributed by atoms with E-state index in [0.29, 0.717) is 12.2 Å². The molecule has 0 saturated carbocycles. The van der Waals surface area contributed by atoms with Gasteiger partial charge in [-0.25, -0.2) is 4.79 Å². The molecule has 5 rings (SSSR count). The lowest BCUT2D eigenvalue weighted by Crippen LogP contribution is -2.61. The first-order valence-corrected chi connectivity index (χ1v) is 16.4. The van der Waals surface area contributed by atoms with Crippen LogP contribution in [0.4, 0.5) is 0 Å². The molecule has 5 atom stereocenters. The number of hydrogen-bond acceptors (Lipinski definition) is 9. The van der Waals surface area contributed by atoms with Crippen molar-refractivity contribution in [3.8, 4) is 0 Å². The van der Waals surface area contributed by atoms with Gasteiger partial charge in [0.2, 0.25) is 0 Å². The number of esters is 2. The molecule has 0 unspecified atom stereocenters. The number of thioether (sulfide) groups is 1. The second-order valence-corrected chi connectivity index (χ2v) is 12.3. The first-order valence-electron chi connectivity index (χ1n) is 15.6. The minimum atomic E-state index is -1.02. The normalized spacial score (nSPS) is 20.7. The summed E-state index contributed by atoms with van der Waals surface area (Å²) in [4.78, 5) is 39.3. The van der Waals surface area contributed by atoms with Gasteiger partial charge in [-0.2, -0.15) is 0 Å². The molecule has 47 heavy (non-hydrogen) atoms. The number of ether oxygens (including phenoxy) is 5. The molecule has 0 radical (unpaired) electrons. The Kier molecular flexibility index (Phi) is 12.7. The van der Waals surface area contributed by atoms with Crippen LogP contribution in [0.25, 0.3) is 0 Å². The molecule has 244 valence electrons. The second-order valence-electron chi connectivity index (χ2n) is 11.1. The Bertz CT molecular complexity index is 1550. The standard InChI is InChI=1S/C38H38O8S/c1-27(39)22-23-33(40)45-34-32(26-42-24-28-14-6-2-7-15-28)44-38(47-31-20-12-5-13-21-31)36(46-37(41)30-18-10-4-11-19-30)35(34)43-25-29-16-8-3-9-17-29/h2-21,32,34-36,38H,22-26H2,1H3/t32-,34+,35-,36+,38-/m0/s1. The SMILES string of the molecule is CC(=O)CCC(=O)O[C@H]1[C@H](OCc2ccccc2)[C@@H](OC(=O)c2ccccc2)[C@H](Sc2ccccc2)O[C@H]1COCc1ccccc1. The van der Waals surface area contributed by atoms with Crippen LogP contribution in [0.5, 0.6) is 0 Å². The molecule has 0 aromatic heterocycles. The smallest absolute Gasteiger partial charge is 0.338 e. The summed E-state index contributed by atoms with van der Waals surface area (Å²) in [6.45, 7) is 1.96. The first kappa shape index (κ1) is 34.1. The van der Waals surface area contributed by atoms with Gasteiger partial charge in [0.05, 0.1) is 31.8 Å². The lowest BCUT2D eigenvalue weighted by Gasteiger charge is -2.45. The number of Topliss-reactive ketones (excluding diaryl/α,β-unsaturated/α-hetero) is 1. The van der Waals surface area contributed by atoms with Crippen LogP contribution in [0.1, 0.15) is 41.3 Å². The van der Waals surface area contributed by atoms with E-state index in [4.69, 9.17) is 23.7 Å². The molecule has 4 aromatic rings. The highest BCUT2D eigenvalue weighted by Gasteiger charge is 2.51. The number of hydrogen-bond donors (Lipinski definition) is 0. The molecule has 1 aliphatic rings. The zero-order valence-corrected chi connectivity index (χ0v) is 27.0. The maximum Gasteiger partial charge on any atom is 0.338 e. The Hall–Kier alpha value is -4.28. The van der Waals surface area contributed by atoms with Crippen LogP contribution in [0.3, 0.4) is 0 Å². The van der Waals surface area contributed by atoms with E-state index < -0.39 is 41.8 Å². The number of rotatable bonds is 15. The van der Waals surface area contributed by atoms with Crippen LogP contribution < -0.4 is 0 Å². The highest BCUT2D eigenvalue weighted by Crippen LogP contribution is 2.38. The Balaban J connectivity index is 1.49. The minimum absolute atomic E-state index is 0.0377. The van der Waals surface area contributed by atoms with Gasteiger partial charge in [-0.3, -0.25) is 4.79 Å². The van der Waals surface area contributed by atoms with Crippen molar-refractivity contribution in [2.24, 2.45) is 0 Å². The van der Waals surface area contributed by atoms with Gasteiger partial charge in [-0.1, -0.05) is 109 Å². The Morgan fingerprint density at radius 1 is 0.660 bits per heavy atom. The third kappa shape index (κ3) is 10.4. The quantitative estimate of drug-likeness (QED) is 0.128. The Labute approximate surface area is 279 Å². The van der Waals surface area contributed by atoms with Crippen LogP contribution in [-0.4, -0.2) is 54.2 Å². The fraction of sp³-hybridized carbons (Fsp3) is 0.289. The van der Waals surface area contributed by atoms with Gasteiger partial charge in [0.15, 0.2) is 12.2 Å². The minimum Gasteiger partial charge on any atom is -0.457 e. The maximum absolute atomic E-state index is 13.5. The van der Waals surface area contributed by atoms with Crippen molar-refractivity contribution in [2.75, 3.05) is 6.61 Å².